The lowest BCUT2D eigenvalue weighted by atomic mass is 9.97. The van der Waals surface area contributed by atoms with Crippen LogP contribution in [0.1, 0.15) is 0 Å². The number of rotatable bonds is 8. The maximum absolute atomic E-state index is 2.47. The second-order valence-corrected chi connectivity index (χ2v) is 17.2. The molecule has 2 heterocycles. The first kappa shape index (κ1) is 36.8. The molecular formula is C60H40N2S. The van der Waals surface area contributed by atoms with Gasteiger partial charge in [0.05, 0.1) is 16.7 Å². The minimum atomic E-state index is 1.10. The van der Waals surface area contributed by atoms with Crippen LogP contribution in [0.5, 0.6) is 0 Å². The van der Waals surface area contributed by atoms with Crippen LogP contribution in [0.25, 0.3) is 92.2 Å². The molecule has 12 aromatic rings. The highest BCUT2D eigenvalue weighted by atomic mass is 32.1. The second kappa shape index (κ2) is 15.5. The Balaban J connectivity index is 1.03. The molecule has 63 heavy (non-hydrogen) atoms. The summed E-state index contributed by atoms with van der Waals surface area (Å²) in [5, 5.41) is 5.04. The summed E-state index contributed by atoms with van der Waals surface area (Å²) >= 11 is 1.88. The number of hydrogen-bond acceptors (Lipinski definition) is 2. The first-order chi connectivity index (χ1) is 31.2. The number of para-hydroxylation sites is 2. The quantitative estimate of drug-likeness (QED) is 0.148. The number of aromatic nitrogens is 1. The van der Waals surface area contributed by atoms with Gasteiger partial charge in [-0.2, -0.15) is 0 Å². The Morgan fingerprint density at radius 3 is 1.43 bits per heavy atom. The van der Waals surface area contributed by atoms with E-state index in [2.05, 4.69) is 252 Å². The molecule has 0 unspecified atom stereocenters. The zero-order valence-electron chi connectivity index (χ0n) is 34.4. The summed E-state index contributed by atoms with van der Waals surface area (Å²) in [5.74, 6) is 0. The van der Waals surface area contributed by atoms with Crippen LogP contribution >= 0.6 is 11.3 Å². The van der Waals surface area contributed by atoms with E-state index in [1.165, 1.54) is 86.5 Å². The van der Waals surface area contributed by atoms with Crippen LogP contribution in [0, 0.1) is 0 Å². The lowest BCUT2D eigenvalue weighted by Gasteiger charge is -2.28. The van der Waals surface area contributed by atoms with Crippen LogP contribution < -0.4 is 4.90 Å². The van der Waals surface area contributed by atoms with Gasteiger partial charge in [0, 0.05) is 48.0 Å². The molecule has 0 radical (unpaired) electrons. The van der Waals surface area contributed by atoms with E-state index in [4.69, 9.17) is 0 Å². The van der Waals surface area contributed by atoms with Crippen molar-refractivity contribution in [2.24, 2.45) is 0 Å². The summed E-state index contributed by atoms with van der Waals surface area (Å²) in [6, 6.07) is 88.4. The van der Waals surface area contributed by atoms with E-state index in [1.807, 2.05) is 11.3 Å². The summed E-state index contributed by atoms with van der Waals surface area (Å²) < 4.78 is 4.93. The Morgan fingerprint density at radius 2 is 0.810 bits per heavy atom. The summed E-state index contributed by atoms with van der Waals surface area (Å²) in [4.78, 5) is 2.47. The molecule has 3 heteroatoms. The minimum absolute atomic E-state index is 1.10. The van der Waals surface area contributed by atoms with Gasteiger partial charge in [0.2, 0.25) is 0 Å². The van der Waals surface area contributed by atoms with E-state index >= 15 is 0 Å². The third-order valence-corrected chi connectivity index (χ3v) is 13.6. The smallest absolute Gasteiger partial charge is 0.0555 e. The zero-order valence-corrected chi connectivity index (χ0v) is 35.2. The predicted octanol–water partition coefficient (Wildman–Crippen LogP) is 17.3. The number of fused-ring (bicyclic) bond motifs is 6. The van der Waals surface area contributed by atoms with Gasteiger partial charge in [-0.05, 0) is 111 Å². The lowest BCUT2D eigenvalue weighted by Crippen LogP contribution is -2.10. The first-order valence-corrected chi connectivity index (χ1v) is 22.3. The van der Waals surface area contributed by atoms with E-state index in [-0.39, 0.29) is 0 Å². The minimum Gasteiger partial charge on any atom is -0.310 e. The lowest BCUT2D eigenvalue weighted by molar-refractivity contribution is 1.18. The van der Waals surface area contributed by atoms with Gasteiger partial charge in [0.1, 0.15) is 0 Å². The van der Waals surface area contributed by atoms with Crippen molar-refractivity contribution >= 4 is 70.4 Å². The fourth-order valence-corrected chi connectivity index (χ4v) is 10.7. The first-order valence-electron chi connectivity index (χ1n) is 21.5. The second-order valence-electron chi connectivity index (χ2n) is 16.1. The molecule has 2 aromatic heterocycles. The van der Waals surface area contributed by atoms with Crippen molar-refractivity contribution in [3.05, 3.63) is 243 Å². The topological polar surface area (TPSA) is 8.17 Å². The highest BCUT2D eigenvalue weighted by molar-refractivity contribution is 7.26. The Morgan fingerprint density at radius 1 is 0.333 bits per heavy atom. The Labute approximate surface area is 370 Å². The third-order valence-electron chi connectivity index (χ3n) is 12.4. The van der Waals surface area contributed by atoms with Gasteiger partial charge in [-0.1, -0.05) is 176 Å². The number of anilines is 3. The normalized spacial score (nSPS) is 11.5. The van der Waals surface area contributed by atoms with Gasteiger partial charge in [0.25, 0.3) is 0 Å². The average Bonchev–Trinajstić information content (AvgIpc) is 3.92. The van der Waals surface area contributed by atoms with Crippen molar-refractivity contribution in [1.82, 2.24) is 4.57 Å². The van der Waals surface area contributed by atoms with Gasteiger partial charge in [-0.15, -0.1) is 11.3 Å². The van der Waals surface area contributed by atoms with Gasteiger partial charge in [-0.3, -0.25) is 0 Å². The fraction of sp³-hybridized carbons (Fsp3) is 0. The summed E-state index contributed by atoms with van der Waals surface area (Å²) in [7, 11) is 0. The molecule has 0 amide bonds. The largest absolute Gasteiger partial charge is 0.310 e. The number of hydrogen-bond donors (Lipinski definition) is 0. The summed E-state index contributed by atoms with van der Waals surface area (Å²) in [6.07, 6.45) is 0. The fourth-order valence-electron chi connectivity index (χ4n) is 9.43. The monoisotopic (exact) mass is 820 g/mol. The van der Waals surface area contributed by atoms with Gasteiger partial charge in [-0.25, -0.2) is 0 Å². The highest BCUT2D eigenvalue weighted by Crippen LogP contribution is 2.49. The molecule has 0 atom stereocenters. The van der Waals surface area contributed by atoms with Crippen molar-refractivity contribution < 1.29 is 0 Å². The van der Waals surface area contributed by atoms with Gasteiger partial charge < -0.3 is 9.47 Å². The molecule has 0 aliphatic rings. The van der Waals surface area contributed by atoms with Crippen LogP contribution in [0.2, 0.25) is 0 Å². The third kappa shape index (κ3) is 6.50. The van der Waals surface area contributed by atoms with Crippen molar-refractivity contribution in [1.29, 1.82) is 0 Å². The molecule has 296 valence electrons. The number of nitrogens with zero attached hydrogens (tertiary/aromatic N) is 2. The van der Waals surface area contributed by atoms with Crippen molar-refractivity contribution in [3.63, 3.8) is 0 Å². The molecule has 0 aliphatic heterocycles. The molecule has 0 aliphatic carbocycles. The Bertz CT molecular complexity index is 3570. The molecular weight excluding hydrogens is 781 g/mol. The molecule has 0 saturated carbocycles. The predicted molar refractivity (Wildman–Crippen MR) is 270 cm³/mol. The van der Waals surface area contributed by atoms with Crippen LogP contribution in [0.15, 0.2) is 243 Å². The molecule has 10 aromatic carbocycles. The molecule has 0 bridgehead atoms. The van der Waals surface area contributed by atoms with Crippen LogP contribution in [0.3, 0.4) is 0 Å². The zero-order chi connectivity index (χ0) is 41.7. The maximum atomic E-state index is 2.47. The van der Waals surface area contributed by atoms with Crippen molar-refractivity contribution in [2.45, 2.75) is 0 Å². The molecule has 12 rings (SSSR count). The van der Waals surface area contributed by atoms with Crippen LogP contribution in [-0.2, 0) is 0 Å². The number of benzene rings is 10. The van der Waals surface area contributed by atoms with E-state index in [1.54, 1.807) is 0 Å². The van der Waals surface area contributed by atoms with Crippen LogP contribution in [0.4, 0.5) is 17.1 Å². The Kier molecular flexibility index (Phi) is 9.06. The molecule has 0 N–H and O–H groups in total. The SMILES string of the molecule is c1ccc(-c2cccc(-c3cccc(N(c4cccc(-c5ccccc5)c4)c4ccc(-c5ccc(-n6c7ccccc7c7ccccc76)cc5)c5sc6ccccc6c45)c3)c2)cc1. The van der Waals surface area contributed by atoms with E-state index in [9.17, 15) is 0 Å². The standard InChI is InChI=1S/C60H40N2S/c1-3-16-41(17-4-1)44-20-13-21-45(38-44)47-23-15-25-50(40-47)61(49-24-14-22-46(39-49)42-18-5-2-6-19-42)57-37-36-51(60-59(57)54-28-9-12-31-58(54)63-60)43-32-34-48(35-33-43)62-55-29-10-7-26-52(55)53-27-8-11-30-56(53)62/h1-40H. The molecule has 0 saturated heterocycles. The van der Waals surface area contributed by atoms with Crippen molar-refractivity contribution in [2.75, 3.05) is 4.90 Å². The molecule has 2 nitrogen and oxygen atoms in total. The van der Waals surface area contributed by atoms with E-state index in [0.29, 0.717) is 0 Å². The number of thiophene rings is 1. The molecule has 0 fully saturated rings. The van der Waals surface area contributed by atoms with Crippen LogP contribution in [-0.4, -0.2) is 4.57 Å². The highest BCUT2D eigenvalue weighted by Gasteiger charge is 2.22. The van der Waals surface area contributed by atoms with E-state index in [0.717, 1.165) is 22.7 Å². The van der Waals surface area contributed by atoms with E-state index < -0.39 is 0 Å². The Hall–Kier alpha value is -7.98. The van der Waals surface area contributed by atoms with Gasteiger partial charge in [0.15, 0.2) is 0 Å². The average molecular weight is 821 g/mol. The van der Waals surface area contributed by atoms with Gasteiger partial charge >= 0.3 is 0 Å². The summed E-state index contributed by atoms with van der Waals surface area (Å²) in [6.45, 7) is 0. The summed E-state index contributed by atoms with van der Waals surface area (Å²) in [5.41, 5.74) is 16.5. The van der Waals surface area contributed by atoms with Crippen molar-refractivity contribution in [3.8, 4) is 50.2 Å². The molecule has 0 spiro atoms. The maximum Gasteiger partial charge on any atom is 0.0555 e.